The van der Waals surface area contributed by atoms with Gasteiger partial charge in [0.1, 0.15) is 5.82 Å². The fourth-order valence-electron chi connectivity index (χ4n) is 2.29. The Balaban J connectivity index is 2.33. The molecule has 0 amide bonds. The van der Waals surface area contributed by atoms with E-state index in [2.05, 4.69) is 24.4 Å². The van der Waals surface area contributed by atoms with Crippen LogP contribution in [-0.4, -0.2) is 7.05 Å². The van der Waals surface area contributed by atoms with Crippen molar-refractivity contribution < 1.29 is 4.39 Å². The molecule has 0 atom stereocenters. The maximum Gasteiger partial charge on any atom is 0.131 e. The molecule has 0 heterocycles. The first-order valence-corrected chi connectivity index (χ1v) is 6.77. The van der Waals surface area contributed by atoms with Gasteiger partial charge in [-0.1, -0.05) is 49.7 Å². The smallest absolute Gasteiger partial charge is 0.131 e. The van der Waals surface area contributed by atoms with E-state index in [4.69, 9.17) is 0 Å². The van der Waals surface area contributed by atoms with Crippen LogP contribution in [0.3, 0.4) is 0 Å². The van der Waals surface area contributed by atoms with Gasteiger partial charge in [-0.2, -0.15) is 0 Å². The van der Waals surface area contributed by atoms with Crippen LogP contribution in [0.25, 0.3) is 11.1 Å². The third kappa shape index (κ3) is 3.42. The lowest BCUT2D eigenvalue weighted by Crippen LogP contribution is -2.05. The summed E-state index contributed by atoms with van der Waals surface area (Å²) in [6, 6.07) is 13.6. The topological polar surface area (TPSA) is 12.0 Å². The number of nitrogens with one attached hydrogen (secondary N) is 1. The third-order valence-corrected chi connectivity index (χ3v) is 3.19. The minimum Gasteiger partial charge on any atom is -0.316 e. The highest BCUT2D eigenvalue weighted by molar-refractivity contribution is 5.65. The number of hydrogen-bond donors (Lipinski definition) is 1. The Morgan fingerprint density at radius 3 is 2.58 bits per heavy atom. The molecular formula is C17H20FN. The van der Waals surface area contributed by atoms with Gasteiger partial charge in [-0.3, -0.25) is 0 Å². The molecule has 0 aromatic heterocycles. The number of aryl methyl sites for hydroxylation is 1. The van der Waals surface area contributed by atoms with E-state index < -0.39 is 0 Å². The van der Waals surface area contributed by atoms with Gasteiger partial charge in [0.2, 0.25) is 0 Å². The highest BCUT2D eigenvalue weighted by atomic mass is 19.1. The Labute approximate surface area is 114 Å². The quantitative estimate of drug-likeness (QED) is 0.848. The van der Waals surface area contributed by atoms with E-state index in [9.17, 15) is 4.39 Å². The lowest BCUT2D eigenvalue weighted by atomic mass is 9.99. The van der Waals surface area contributed by atoms with Gasteiger partial charge in [-0.05, 0) is 36.2 Å². The van der Waals surface area contributed by atoms with Crippen molar-refractivity contribution in [1.82, 2.24) is 5.32 Å². The van der Waals surface area contributed by atoms with Gasteiger partial charge in [0.25, 0.3) is 0 Å². The van der Waals surface area contributed by atoms with E-state index in [1.165, 1.54) is 5.56 Å². The fraction of sp³-hybridized carbons (Fsp3) is 0.294. The van der Waals surface area contributed by atoms with Crippen molar-refractivity contribution in [2.45, 2.75) is 26.3 Å². The van der Waals surface area contributed by atoms with Gasteiger partial charge in [-0.15, -0.1) is 0 Å². The molecule has 0 fully saturated rings. The van der Waals surface area contributed by atoms with Crippen molar-refractivity contribution in [3.8, 4) is 11.1 Å². The van der Waals surface area contributed by atoms with Crippen molar-refractivity contribution in [3.63, 3.8) is 0 Å². The molecule has 2 rings (SSSR count). The van der Waals surface area contributed by atoms with Crippen LogP contribution in [0.15, 0.2) is 42.5 Å². The van der Waals surface area contributed by atoms with Crippen LogP contribution in [0, 0.1) is 5.82 Å². The minimum absolute atomic E-state index is 0.151. The average molecular weight is 257 g/mol. The summed E-state index contributed by atoms with van der Waals surface area (Å²) in [5.74, 6) is -0.151. The molecule has 0 saturated heterocycles. The summed E-state index contributed by atoms with van der Waals surface area (Å²) in [4.78, 5) is 0. The molecule has 0 unspecified atom stereocenters. The van der Waals surface area contributed by atoms with Crippen LogP contribution >= 0.6 is 0 Å². The zero-order valence-electron chi connectivity index (χ0n) is 11.5. The Kier molecular flexibility index (Phi) is 4.69. The Bertz CT molecular complexity index is 549. The zero-order chi connectivity index (χ0) is 13.7. The van der Waals surface area contributed by atoms with Crippen LogP contribution in [0.5, 0.6) is 0 Å². The van der Waals surface area contributed by atoms with E-state index in [0.717, 1.165) is 24.0 Å². The monoisotopic (exact) mass is 257 g/mol. The van der Waals surface area contributed by atoms with Crippen molar-refractivity contribution in [1.29, 1.82) is 0 Å². The molecule has 0 radical (unpaired) electrons. The second kappa shape index (κ2) is 6.48. The summed E-state index contributed by atoms with van der Waals surface area (Å²) in [6.45, 7) is 2.84. The van der Waals surface area contributed by atoms with Crippen molar-refractivity contribution in [2.24, 2.45) is 0 Å². The molecule has 2 aromatic carbocycles. The van der Waals surface area contributed by atoms with Crippen LogP contribution < -0.4 is 5.32 Å². The van der Waals surface area contributed by atoms with Crippen LogP contribution in [0.2, 0.25) is 0 Å². The van der Waals surface area contributed by atoms with Gasteiger partial charge >= 0.3 is 0 Å². The van der Waals surface area contributed by atoms with Gasteiger partial charge in [-0.25, -0.2) is 4.39 Å². The van der Waals surface area contributed by atoms with Crippen LogP contribution in [0.1, 0.15) is 24.5 Å². The maximum absolute atomic E-state index is 14.1. The lowest BCUT2D eigenvalue weighted by molar-refractivity contribution is 0.627. The predicted octanol–water partition coefficient (Wildman–Crippen LogP) is 4.16. The summed E-state index contributed by atoms with van der Waals surface area (Å²) < 4.78 is 14.1. The second-order valence-electron chi connectivity index (χ2n) is 4.79. The second-order valence-corrected chi connectivity index (χ2v) is 4.79. The molecule has 1 N–H and O–H groups in total. The van der Waals surface area contributed by atoms with Gasteiger partial charge in [0, 0.05) is 12.1 Å². The van der Waals surface area contributed by atoms with E-state index in [1.54, 1.807) is 6.07 Å². The third-order valence-electron chi connectivity index (χ3n) is 3.19. The number of benzene rings is 2. The minimum atomic E-state index is -0.151. The molecule has 0 bridgehead atoms. The van der Waals surface area contributed by atoms with E-state index in [0.29, 0.717) is 12.1 Å². The maximum atomic E-state index is 14.1. The van der Waals surface area contributed by atoms with Crippen molar-refractivity contribution in [3.05, 3.63) is 59.4 Å². The fourth-order valence-corrected chi connectivity index (χ4v) is 2.29. The summed E-state index contributed by atoms with van der Waals surface area (Å²) in [7, 11) is 1.86. The summed E-state index contributed by atoms with van der Waals surface area (Å²) in [6.07, 6.45) is 2.14. The van der Waals surface area contributed by atoms with Gasteiger partial charge in [0.15, 0.2) is 0 Å². The summed E-state index contributed by atoms with van der Waals surface area (Å²) in [5, 5.41) is 3.03. The standard InChI is InChI=1S/C17H20FN/c1-3-5-13-6-4-7-15(10-13)16-9-8-14(12-19-2)11-17(16)18/h4,6-11,19H,3,5,12H2,1-2H3. The van der Waals surface area contributed by atoms with Gasteiger partial charge in [0.05, 0.1) is 0 Å². The molecule has 1 nitrogen and oxygen atoms in total. The van der Waals surface area contributed by atoms with Crippen molar-refractivity contribution >= 4 is 0 Å². The van der Waals surface area contributed by atoms with Crippen molar-refractivity contribution in [2.75, 3.05) is 7.05 Å². The largest absolute Gasteiger partial charge is 0.316 e. The molecule has 0 saturated carbocycles. The van der Waals surface area contributed by atoms with E-state index >= 15 is 0 Å². The van der Waals surface area contributed by atoms with Crippen LogP contribution in [0.4, 0.5) is 4.39 Å². The predicted molar refractivity (Wildman–Crippen MR) is 78.6 cm³/mol. The molecular weight excluding hydrogens is 237 g/mol. The Morgan fingerprint density at radius 1 is 1.05 bits per heavy atom. The Hall–Kier alpha value is -1.67. The van der Waals surface area contributed by atoms with Crippen LogP contribution in [-0.2, 0) is 13.0 Å². The zero-order valence-corrected chi connectivity index (χ0v) is 11.5. The molecule has 2 heteroatoms. The molecule has 0 aliphatic heterocycles. The molecule has 19 heavy (non-hydrogen) atoms. The first kappa shape index (κ1) is 13.8. The molecule has 0 aliphatic rings. The molecule has 2 aromatic rings. The highest BCUT2D eigenvalue weighted by Gasteiger charge is 2.06. The normalized spacial score (nSPS) is 10.7. The first-order valence-electron chi connectivity index (χ1n) is 6.77. The van der Waals surface area contributed by atoms with E-state index in [-0.39, 0.29) is 5.82 Å². The Morgan fingerprint density at radius 2 is 1.89 bits per heavy atom. The number of rotatable bonds is 5. The highest BCUT2D eigenvalue weighted by Crippen LogP contribution is 2.25. The van der Waals surface area contributed by atoms with Gasteiger partial charge < -0.3 is 5.32 Å². The summed E-state index contributed by atoms with van der Waals surface area (Å²) >= 11 is 0. The average Bonchev–Trinajstić information content (AvgIpc) is 2.40. The van der Waals surface area contributed by atoms with E-state index in [1.807, 2.05) is 31.3 Å². The molecule has 0 spiro atoms. The number of halogens is 1. The first-order chi connectivity index (χ1) is 9.24. The lowest BCUT2D eigenvalue weighted by Gasteiger charge is -2.08. The SMILES string of the molecule is CCCc1cccc(-c2ccc(CNC)cc2F)c1. The molecule has 100 valence electrons. The molecule has 0 aliphatic carbocycles. The summed E-state index contributed by atoms with van der Waals surface area (Å²) in [5.41, 5.74) is 3.87. The number of hydrogen-bond acceptors (Lipinski definition) is 1.